The Bertz CT molecular complexity index is 1170. The minimum absolute atomic E-state index is 0.170. The van der Waals surface area contributed by atoms with Crippen molar-refractivity contribution < 1.29 is 19.7 Å². The fourth-order valence-corrected chi connectivity index (χ4v) is 4.05. The third-order valence-corrected chi connectivity index (χ3v) is 5.99. The summed E-state index contributed by atoms with van der Waals surface area (Å²) in [5.41, 5.74) is 4.70. The van der Waals surface area contributed by atoms with Crippen molar-refractivity contribution in [1.29, 1.82) is 0 Å². The summed E-state index contributed by atoms with van der Waals surface area (Å²) in [6.07, 6.45) is 1.92. The second kappa shape index (κ2) is 8.01. The van der Waals surface area contributed by atoms with Crippen molar-refractivity contribution in [3.63, 3.8) is 0 Å². The fraction of sp³-hybridized carbons (Fsp3) is 0.348. The first kappa shape index (κ1) is 20.3. The van der Waals surface area contributed by atoms with E-state index in [0.29, 0.717) is 30.4 Å². The van der Waals surface area contributed by atoms with Crippen molar-refractivity contribution in [2.45, 2.75) is 38.8 Å². The maximum absolute atomic E-state index is 13.3. The van der Waals surface area contributed by atoms with Gasteiger partial charge >= 0.3 is 5.97 Å². The van der Waals surface area contributed by atoms with E-state index in [9.17, 15) is 14.7 Å². The van der Waals surface area contributed by atoms with E-state index < -0.39 is 12.1 Å². The number of carbonyl (C=O) groups is 1. The molecule has 0 spiro atoms. The number of aliphatic hydroxyl groups excluding tert-OH is 1. The molecule has 4 rings (SSSR count). The highest BCUT2D eigenvalue weighted by molar-refractivity contribution is 5.87. The van der Waals surface area contributed by atoms with Crippen LogP contribution >= 0.6 is 0 Å². The van der Waals surface area contributed by atoms with Crippen LogP contribution in [0, 0.1) is 13.8 Å². The SMILES string of the molecule is Cc1c(Cc2ccc(C(=O)O)cc2)cc2c(=O)n([C@H]3CCOC[C@@H]3O)cnc2c1C. The molecule has 2 atom stereocenters. The maximum Gasteiger partial charge on any atom is 0.335 e. The number of aromatic carboxylic acids is 1. The molecule has 0 bridgehead atoms. The van der Waals surface area contributed by atoms with Gasteiger partial charge in [0, 0.05) is 6.61 Å². The van der Waals surface area contributed by atoms with Crippen LogP contribution in [-0.4, -0.2) is 45.1 Å². The molecule has 2 aromatic carbocycles. The van der Waals surface area contributed by atoms with Crippen molar-refractivity contribution in [2.24, 2.45) is 0 Å². The molecule has 0 aliphatic carbocycles. The van der Waals surface area contributed by atoms with Gasteiger partial charge in [0.25, 0.3) is 5.56 Å². The van der Waals surface area contributed by atoms with E-state index in [1.807, 2.05) is 19.9 Å². The quantitative estimate of drug-likeness (QED) is 0.688. The smallest absolute Gasteiger partial charge is 0.335 e. The van der Waals surface area contributed by atoms with Gasteiger partial charge < -0.3 is 14.9 Å². The number of fused-ring (bicyclic) bond motifs is 1. The Morgan fingerprint density at radius 1 is 1.23 bits per heavy atom. The number of hydrogen-bond acceptors (Lipinski definition) is 5. The molecule has 7 heteroatoms. The molecule has 0 radical (unpaired) electrons. The van der Waals surface area contributed by atoms with E-state index in [2.05, 4.69) is 4.98 Å². The summed E-state index contributed by atoms with van der Waals surface area (Å²) in [4.78, 5) is 28.9. The van der Waals surface area contributed by atoms with Gasteiger partial charge in [0.2, 0.25) is 0 Å². The van der Waals surface area contributed by atoms with Gasteiger partial charge in [-0.15, -0.1) is 0 Å². The summed E-state index contributed by atoms with van der Waals surface area (Å²) >= 11 is 0. The number of aromatic nitrogens is 2. The lowest BCUT2D eigenvalue weighted by molar-refractivity contribution is -0.0395. The lowest BCUT2D eigenvalue weighted by atomic mass is 9.94. The minimum atomic E-state index is -0.957. The van der Waals surface area contributed by atoms with E-state index in [-0.39, 0.29) is 23.8 Å². The second-order valence-corrected chi connectivity index (χ2v) is 7.82. The summed E-state index contributed by atoms with van der Waals surface area (Å²) in [7, 11) is 0. The van der Waals surface area contributed by atoms with Crippen molar-refractivity contribution in [3.8, 4) is 0 Å². The van der Waals surface area contributed by atoms with Crippen LogP contribution in [0.4, 0.5) is 0 Å². The first-order valence-corrected chi connectivity index (χ1v) is 9.94. The van der Waals surface area contributed by atoms with Crippen molar-refractivity contribution in [3.05, 3.63) is 74.8 Å². The van der Waals surface area contributed by atoms with Gasteiger partial charge in [-0.05, 0) is 67.1 Å². The fourth-order valence-electron chi connectivity index (χ4n) is 4.05. The van der Waals surface area contributed by atoms with Crippen LogP contribution < -0.4 is 5.56 Å². The Labute approximate surface area is 173 Å². The van der Waals surface area contributed by atoms with E-state index in [1.54, 1.807) is 24.3 Å². The predicted octanol–water partition coefficient (Wildman–Crippen LogP) is 2.62. The molecule has 1 saturated heterocycles. The number of nitrogens with zero attached hydrogens (tertiary/aromatic N) is 2. The Balaban J connectivity index is 1.77. The van der Waals surface area contributed by atoms with Crippen molar-refractivity contribution in [1.82, 2.24) is 9.55 Å². The first-order valence-electron chi connectivity index (χ1n) is 9.94. The molecule has 1 aromatic heterocycles. The zero-order valence-corrected chi connectivity index (χ0v) is 17.0. The molecule has 2 N–H and O–H groups in total. The molecular formula is C23H24N2O5. The molecule has 0 saturated carbocycles. The number of ether oxygens (including phenoxy) is 1. The minimum Gasteiger partial charge on any atom is -0.478 e. The highest BCUT2D eigenvalue weighted by atomic mass is 16.5. The summed E-state index contributed by atoms with van der Waals surface area (Å²) < 4.78 is 6.81. The monoisotopic (exact) mass is 408 g/mol. The lowest BCUT2D eigenvalue weighted by Crippen LogP contribution is -2.39. The summed E-state index contributed by atoms with van der Waals surface area (Å²) in [6, 6.07) is 8.28. The molecule has 1 aliphatic rings. The van der Waals surface area contributed by atoms with Gasteiger partial charge in [-0.1, -0.05) is 12.1 Å². The van der Waals surface area contributed by atoms with E-state index in [0.717, 1.165) is 22.3 Å². The average Bonchev–Trinajstić information content (AvgIpc) is 2.73. The topological polar surface area (TPSA) is 102 Å². The lowest BCUT2D eigenvalue weighted by Gasteiger charge is -2.29. The normalized spacial score (nSPS) is 19.2. The van der Waals surface area contributed by atoms with Crippen molar-refractivity contribution >= 4 is 16.9 Å². The third-order valence-electron chi connectivity index (χ3n) is 5.99. The van der Waals surface area contributed by atoms with Crippen LogP contribution in [-0.2, 0) is 11.2 Å². The largest absolute Gasteiger partial charge is 0.478 e. The van der Waals surface area contributed by atoms with Crippen LogP contribution in [0.1, 0.15) is 45.1 Å². The molecule has 2 heterocycles. The molecule has 0 unspecified atom stereocenters. The zero-order chi connectivity index (χ0) is 21.4. The Morgan fingerprint density at radius 3 is 2.63 bits per heavy atom. The Morgan fingerprint density at radius 2 is 1.97 bits per heavy atom. The number of carboxylic acids is 1. The third kappa shape index (κ3) is 3.62. The zero-order valence-electron chi connectivity index (χ0n) is 17.0. The van der Waals surface area contributed by atoms with Crippen LogP contribution in [0.5, 0.6) is 0 Å². The number of aryl methyl sites for hydroxylation is 1. The van der Waals surface area contributed by atoms with E-state index in [4.69, 9.17) is 9.84 Å². The van der Waals surface area contributed by atoms with Crippen LogP contribution in [0.2, 0.25) is 0 Å². The Hall–Kier alpha value is -3.03. The predicted molar refractivity (Wildman–Crippen MR) is 112 cm³/mol. The number of carboxylic acid groups (broad SMARTS) is 1. The number of hydrogen-bond donors (Lipinski definition) is 2. The molecule has 1 aliphatic heterocycles. The van der Waals surface area contributed by atoms with Gasteiger partial charge in [-0.3, -0.25) is 9.36 Å². The van der Waals surface area contributed by atoms with Gasteiger partial charge in [0.15, 0.2) is 0 Å². The van der Waals surface area contributed by atoms with Crippen LogP contribution in [0.25, 0.3) is 10.9 Å². The van der Waals surface area contributed by atoms with Gasteiger partial charge in [0.1, 0.15) is 0 Å². The van der Waals surface area contributed by atoms with Crippen LogP contribution in [0.15, 0.2) is 41.5 Å². The number of aliphatic hydroxyl groups is 1. The highest BCUT2D eigenvalue weighted by Gasteiger charge is 2.27. The number of benzene rings is 2. The molecular weight excluding hydrogens is 384 g/mol. The average molecular weight is 408 g/mol. The molecule has 156 valence electrons. The summed E-state index contributed by atoms with van der Waals surface area (Å²) in [5, 5.41) is 19.9. The van der Waals surface area contributed by atoms with E-state index >= 15 is 0 Å². The molecule has 0 amide bonds. The summed E-state index contributed by atoms with van der Waals surface area (Å²) in [5.74, 6) is -0.957. The maximum atomic E-state index is 13.3. The molecule has 30 heavy (non-hydrogen) atoms. The number of rotatable bonds is 4. The molecule has 7 nitrogen and oxygen atoms in total. The van der Waals surface area contributed by atoms with Gasteiger partial charge in [-0.2, -0.15) is 0 Å². The van der Waals surface area contributed by atoms with Crippen molar-refractivity contribution in [2.75, 3.05) is 13.2 Å². The summed E-state index contributed by atoms with van der Waals surface area (Å²) in [6.45, 7) is 4.66. The van der Waals surface area contributed by atoms with Crippen LogP contribution in [0.3, 0.4) is 0 Å². The Kier molecular flexibility index (Phi) is 5.40. The van der Waals surface area contributed by atoms with Gasteiger partial charge in [-0.25, -0.2) is 9.78 Å². The van der Waals surface area contributed by atoms with E-state index in [1.165, 1.54) is 10.9 Å². The standard InChI is InChI=1S/C23H24N2O5/c1-13-14(2)21-18(10-17(13)9-15-3-5-16(6-4-15)23(28)29)22(27)25(12-24-21)19-7-8-30-11-20(19)26/h3-6,10,12,19-20,26H,7-9,11H2,1-2H3,(H,28,29)/t19-,20-/m0/s1. The van der Waals surface area contributed by atoms with Gasteiger partial charge in [0.05, 0.1) is 41.5 Å². The molecule has 3 aromatic rings. The second-order valence-electron chi connectivity index (χ2n) is 7.82. The highest BCUT2D eigenvalue weighted by Crippen LogP contribution is 2.26. The first-order chi connectivity index (χ1) is 14.4. The molecule has 1 fully saturated rings.